The van der Waals surface area contributed by atoms with Gasteiger partial charge in [-0.2, -0.15) is 0 Å². The number of hydrogen-bond acceptors (Lipinski definition) is 4. The summed E-state index contributed by atoms with van der Waals surface area (Å²) in [4.78, 5) is 10.8. The molecule has 5 heteroatoms. The molecule has 0 amide bonds. The summed E-state index contributed by atoms with van der Waals surface area (Å²) in [6.45, 7) is 1.92. The monoisotopic (exact) mass is 276 g/mol. The first-order valence-electron chi connectivity index (χ1n) is 6.67. The number of rotatable bonds is 5. The van der Waals surface area contributed by atoms with Crippen LogP contribution in [0.2, 0.25) is 0 Å². The molecule has 1 fully saturated rings. The average Bonchev–Trinajstić information content (AvgIpc) is 3.06. The van der Waals surface area contributed by atoms with Crippen LogP contribution in [0.5, 0.6) is 0 Å². The molecule has 0 bridgehead atoms. The van der Waals surface area contributed by atoms with Crippen molar-refractivity contribution in [3.8, 4) is 0 Å². The quantitative estimate of drug-likeness (QED) is 0.909. The fourth-order valence-corrected chi connectivity index (χ4v) is 2.37. The van der Waals surface area contributed by atoms with Gasteiger partial charge in [0.2, 0.25) is 5.76 Å². The highest BCUT2D eigenvalue weighted by Crippen LogP contribution is 2.21. The van der Waals surface area contributed by atoms with Gasteiger partial charge in [-0.15, -0.1) is 0 Å². The topological polar surface area (TPSA) is 68.9 Å². The zero-order valence-corrected chi connectivity index (χ0v) is 11.0. The minimum Gasteiger partial charge on any atom is -0.475 e. The zero-order chi connectivity index (χ0) is 13.9. The van der Waals surface area contributed by atoms with Crippen LogP contribution in [-0.4, -0.2) is 30.4 Å². The van der Waals surface area contributed by atoms with Crippen molar-refractivity contribution in [3.63, 3.8) is 0 Å². The minimum atomic E-state index is -1.06. The third-order valence-corrected chi connectivity index (χ3v) is 3.39. The van der Waals surface area contributed by atoms with Crippen LogP contribution >= 0.6 is 0 Å². The second-order valence-electron chi connectivity index (χ2n) is 4.94. The molecular weight excluding hydrogens is 260 g/mol. The maximum Gasteiger partial charge on any atom is 0.371 e. The van der Waals surface area contributed by atoms with Gasteiger partial charge in [-0.3, -0.25) is 0 Å². The summed E-state index contributed by atoms with van der Waals surface area (Å²) in [6, 6.07) is 7.07. The van der Waals surface area contributed by atoms with Crippen LogP contribution in [0.4, 0.5) is 0 Å². The second kappa shape index (κ2) is 5.64. The molecule has 1 aliphatic rings. The Labute approximate surface area is 116 Å². The molecule has 1 aliphatic heterocycles. The van der Waals surface area contributed by atoms with Gasteiger partial charge < -0.3 is 19.0 Å². The van der Waals surface area contributed by atoms with Gasteiger partial charge in [0.15, 0.2) is 0 Å². The van der Waals surface area contributed by atoms with E-state index in [0.29, 0.717) is 18.8 Å². The SMILES string of the molecule is O=C(O)c1cc2cc(COCC3CCCO3)ccc2o1. The normalized spacial score (nSPS) is 18.7. The molecule has 106 valence electrons. The van der Waals surface area contributed by atoms with Gasteiger partial charge >= 0.3 is 5.97 Å². The second-order valence-corrected chi connectivity index (χ2v) is 4.94. The van der Waals surface area contributed by atoms with Gasteiger partial charge in [0, 0.05) is 12.0 Å². The molecule has 2 heterocycles. The van der Waals surface area contributed by atoms with Crippen LogP contribution in [0.25, 0.3) is 11.0 Å². The number of fused-ring (bicyclic) bond motifs is 1. The lowest BCUT2D eigenvalue weighted by Gasteiger charge is -2.09. The van der Waals surface area contributed by atoms with Crippen LogP contribution in [0.15, 0.2) is 28.7 Å². The standard InChI is InChI=1S/C15H16O5/c16-15(17)14-7-11-6-10(3-4-13(11)20-14)8-18-9-12-2-1-5-19-12/h3-4,6-7,12H,1-2,5,8-9H2,(H,16,17). The first-order valence-corrected chi connectivity index (χ1v) is 6.67. The summed E-state index contributed by atoms with van der Waals surface area (Å²) in [5, 5.41) is 9.66. The molecule has 1 atom stereocenters. The van der Waals surface area contributed by atoms with Crippen molar-refractivity contribution in [2.45, 2.75) is 25.6 Å². The fraction of sp³-hybridized carbons (Fsp3) is 0.400. The van der Waals surface area contributed by atoms with Crippen molar-refractivity contribution in [1.29, 1.82) is 0 Å². The Morgan fingerprint density at radius 2 is 2.30 bits per heavy atom. The molecule has 1 aromatic heterocycles. The van der Waals surface area contributed by atoms with E-state index in [1.165, 1.54) is 6.07 Å². The van der Waals surface area contributed by atoms with Gasteiger partial charge in [0.05, 0.1) is 19.3 Å². The number of carboxylic acids is 1. The number of ether oxygens (including phenoxy) is 2. The highest BCUT2D eigenvalue weighted by atomic mass is 16.5. The molecule has 2 aromatic rings. The van der Waals surface area contributed by atoms with Crippen LogP contribution in [0.1, 0.15) is 29.0 Å². The smallest absolute Gasteiger partial charge is 0.371 e. The van der Waals surface area contributed by atoms with Crippen molar-refractivity contribution in [3.05, 3.63) is 35.6 Å². The predicted molar refractivity (Wildman–Crippen MR) is 71.8 cm³/mol. The summed E-state index contributed by atoms with van der Waals surface area (Å²) in [5.74, 6) is -1.10. The van der Waals surface area contributed by atoms with Gasteiger partial charge in [-0.1, -0.05) is 6.07 Å². The zero-order valence-electron chi connectivity index (χ0n) is 11.0. The summed E-state index contributed by atoms with van der Waals surface area (Å²) < 4.78 is 16.3. The number of aromatic carboxylic acids is 1. The summed E-state index contributed by atoms with van der Waals surface area (Å²) >= 11 is 0. The van der Waals surface area contributed by atoms with Crippen molar-refractivity contribution in [2.75, 3.05) is 13.2 Å². The van der Waals surface area contributed by atoms with E-state index in [1.807, 2.05) is 12.1 Å². The molecule has 3 rings (SSSR count). The van der Waals surface area contributed by atoms with E-state index in [4.69, 9.17) is 19.0 Å². The fourth-order valence-electron chi connectivity index (χ4n) is 2.37. The van der Waals surface area contributed by atoms with Crippen molar-refractivity contribution in [1.82, 2.24) is 0 Å². The van der Waals surface area contributed by atoms with E-state index in [2.05, 4.69) is 0 Å². The van der Waals surface area contributed by atoms with Crippen molar-refractivity contribution < 1.29 is 23.8 Å². The lowest BCUT2D eigenvalue weighted by atomic mass is 10.1. The van der Waals surface area contributed by atoms with Gasteiger partial charge in [-0.25, -0.2) is 4.79 Å². The molecule has 1 aromatic carbocycles. The number of carbonyl (C=O) groups is 1. The van der Waals surface area contributed by atoms with E-state index >= 15 is 0 Å². The molecule has 0 radical (unpaired) electrons. The largest absolute Gasteiger partial charge is 0.475 e. The molecule has 1 unspecified atom stereocenters. The first kappa shape index (κ1) is 13.1. The van der Waals surface area contributed by atoms with Crippen LogP contribution in [-0.2, 0) is 16.1 Å². The number of furan rings is 1. The highest BCUT2D eigenvalue weighted by Gasteiger charge is 2.15. The Bertz CT molecular complexity index is 610. The Balaban J connectivity index is 1.64. The first-order chi connectivity index (χ1) is 9.72. The lowest BCUT2D eigenvalue weighted by molar-refractivity contribution is 0.0106. The van der Waals surface area contributed by atoms with Gasteiger partial charge in [0.25, 0.3) is 0 Å². The van der Waals surface area contributed by atoms with Gasteiger partial charge in [0.1, 0.15) is 5.58 Å². The van der Waals surface area contributed by atoms with E-state index in [9.17, 15) is 4.79 Å². The molecule has 0 aliphatic carbocycles. The number of hydrogen-bond donors (Lipinski definition) is 1. The maximum atomic E-state index is 10.8. The van der Waals surface area contributed by atoms with Gasteiger partial charge in [-0.05, 0) is 36.6 Å². The highest BCUT2D eigenvalue weighted by molar-refractivity contribution is 5.91. The molecule has 1 saturated heterocycles. The average molecular weight is 276 g/mol. The number of carboxylic acid groups (broad SMARTS) is 1. The van der Waals surface area contributed by atoms with Crippen LogP contribution in [0.3, 0.4) is 0 Å². The van der Waals surface area contributed by atoms with Crippen LogP contribution in [0, 0.1) is 0 Å². The van der Waals surface area contributed by atoms with E-state index < -0.39 is 5.97 Å². The summed E-state index contributed by atoms with van der Waals surface area (Å²) in [7, 11) is 0. The Hall–Kier alpha value is -1.85. The van der Waals surface area contributed by atoms with Crippen LogP contribution < -0.4 is 0 Å². The Kier molecular flexibility index (Phi) is 3.71. The Morgan fingerprint density at radius 3 is 3.05 bits per heavy atom. The molecular formula is C15H16O5. The molecule has 5 nitrogen and oxygen atoms in total. The molecule has 1 N–H and O–H groups in total. The molecule has 0 saturated carbocycles. The number of benzene rings is 1. The third kappa shape index (κ3) is 2.84. The van der Waals surface area contributed by atoms with E-state index in [0.717, 1.165) is 30.4 Å². The molecule has 0 spiro atoms. The lowest BCUT2D eigenvalue weighted by Crippen LogP contribution is -2.13. The van der Waals surface area contributed by atoms with E-state index in [1.54, 1.807) is 6.07 Å². The van der Waals surface area contributed by atoms with Crippen molar-refractivity contribution in [2.24, 2.45) is 0 Å². The van der Waals surface area contributed by atoms with E-state index in [-0.39, 0.29) is 11.9 Å². The Morgan fingerprint density at radius 1 is 1.40 bits per heavy atom. The summed E-state index contributed by atoms with van der Waals surface area (Å²) in [5.41, 5.74) is 1.57. The minimum absolute atomic E-state index is 0.0441. The molecule has 20 heavy (non-hydrogen) atoms. The van der Waals surface area contributed by atoms with Crippen molar-refractivity contribution >= 4 is 16.9 Å². The predicted octanol–water partition coefficient (Wildman–Crippen LogP) is 2.83. The summed E-state index contributed by atoms with van der Waals surface area (Å²) in [6.07, 6.45) is 2.38. The maximum absolute atomic E-state index is 10.8. The third-order valence-electron chi connectivity index (χ3n) is 3.39.